The molecule has 2 heterocycles. The van der Waals surface area contributed by atoms with E-state index in [9.17, 15) is 4.79 Å². The van der Waals surface area contributed by atoms with E-state index >= 15 is 0 Å². The van der Waals surface area contributed by atoms with E-state index in [2.05, 4.69) is 39.1 Å². The molecular weight excluding hydrogens is 316 g/mol. The van der Waals surface area contributed by atoms with Crippen LogP contribution in [0.3, 0.4) is 0 Å². The van der Waals surface area contributed by atoms with Crippen LogP contribution in [-0.2, 0) is 0 Å². The standard InChI is InChI=1S/C16H15BrN2O/c17-15-9-14(10-18-15)16(20)19-8-4-7-13(11-19)12-5-2-1-3-6-12/h1-3,5-7,9-10,18H,4,8,11H2. The first-order chi connectivity index (χ1) is 9.74. The highest BCUT2D eigenvalue weighted by Gasteiger charge is 2.20. The Kier molecular flexibility index (Phi) is 3.74. The van der Waals surface area contributed by atoms with E-state index in [1.165, 1.54) is 11.1 Å². The van der Waals surface area contributed by atoms with Crippen LogP contribution >= 0.6 is 15.9 Å². The van der Waals surface area contributed by atoms with Gasteiger partial charge in [0.1, 0.15) is 0 Å². The largest absolute Gasteiger partial charge is 0.355 e. The van der Waals surface area contributed by atoms with Crippen LogP contribution in [0.25, 0.3) is 5.57 Å². The first kappa shape index (κ1) is 13.2. The maximum absolute atomic E-state index is 12.4. The molecule has 1 aromatic heterocycles. The fourth-order valence-corrected chi connectivity index (χ4v) is 2.81. The number of nitrogens with zero attached hydrogens (tertiary/aromatic N) is 1. The number of carbonyl (C=O) groups is 1. The first-order valence-electron chi connectivity index (χ1n) is 6.62. The number of hydrogen-bond donors (Lipinski definition) is 1. The highest BCUT2D eigenvalue weighted by molar-refractivity contribution is 9.10. The Balaban J connectivity index is 1.78. The normalized spacial score (nSPS) is 15.1. The molecule has 0 fully saturated rings. The molecule has 0 saturated carbocycles. The van der Waals surface area contributed by atoms with E-state index in [4.69, 9.17) is 0 Å². The third-order valence-corrected chi connectivity index (χ3v) is 3.94. The van der Waals surface area contributed by atoms with Gasteiger partial charge < -0.3 is 9.88 Å². The van der Waals surface area contributed by atoms with Gasteiger partial charge in [0.25, 0.3) is 5.91 Å². The van der Waals surface area contributed by atoms with Gasteiger partial charge in [-0.15, -0.1) is 0 Å². The lowest BCUT2D eigenvalue weighted by molar-refractivity contribution is 0.0775. The lowest BCUT2D eigenvalue weighted by atomic mass is 10.0. The fourth-order valence-electron chi connectivity index (χ4n) is 2.45. The van der Waals surface area contributed by atoms with Crippen LogP contribution in [0, 0.1) is 0 Å². The molecule has 1 N–H and O–H groups in total. The second-order valence-electron chi connectivity index (χ2n) is 4.85. The number of aromatic amines is 1. The number of hydrogen-bond acceptors (Lipinski definition) is 1. The van der Waals surface area contributed by atoms with Crippen molar-refractivity contribution in [2.45, 2.75) is 6.42 Å². The molecule has 3 rings (SSSR count). The predicted octanol–water partition coefficient (Wildman–Crippen LogP) is 3.71. The van der Waals surface area contributed by atoms with Gasteiger partial charge in [0.05, 0.1) is 10.2 Å². The second kappa shape index (κ2) is 5.67. The summed E-state index contributed by atoms with van der Waals surface area (Å²) in [7, 11) is 0. The molecule has 1 aromatic carbocycles. The first-order valence-corrected chi connectivity index (χ1v) is 7.41. The zero-order valence-electron chi connectivity index (χ0n) is 11.0. The average Bonchev–Trinajstić information content (AvgIpc) is 2.94. The molecule has 2 aromatic rings. The summed E-state index contributed by atoms with van der Waals surface area (Å²) in [5.74, 6) is 0.0773. The van der Waals surface area contributed by atoms with Crippen LogP contribution < -0.4 is 0 Å². The molecule has 1 aliphatic rings. The van der Waals surface area contributed by atoms with E-state index in [1.54, 1.807) is 6.20 Å². The molecule has 0 aliphatic carbocycles. The van der Waals surface area contributed by atoms with Crippen molar-refractivity contribution in [3.05, 3.63) is 64.4 Å². The van der Waals surface area contributed by atoms with Crippen LogP contribution in [-0.4, -0.2) is 28.9 Å². The quantitative estimate of drug-likeness (QED) is 0.895. The number of rotatable bonds is 2. The molecule has 0 atom stereocenters. The zero-order chi connectivity index (χ0) is 13.9. The van der Waals surface area contributed by atoms with Crippen molar-refractivity contribution >= 4 is 27.4 Å². The van der Waals surface area contributed by atoms with E-state index in [-0.39, 0.29) is 5.91 Å². The smallest absolute Gasteiger partial charge is 0.255 e. The molecule has 102 valence electrons. The molecule has 0 radical (unpaired) electrons. The van der Waals surface area contributed by atoms with Crippen molar-refractivity contribution < 1.29 is 4.79 Å². The molecule has 3 nitrogen and oxygen atoms in total. The van der Waals surface area contributed by atoms with Crippen molar-refractivity contribution in [1.82, 2.24) is 9.88 Å². The minimum Gasteiger partial charge on any atom is -0.355 e. The summed E-state index contributed by atoms with van der Waals surface area (Å²) < 4.78 is 0.830. The van der Waals surface area contributed by atoms with E-state index < -0.39 is 0 Å². The van der Waals surface area contributed by atoms with E-state index in [0.29, 0.717) is 12.1 Å². The molecule has 4 heteroatoms. The number of amides is 1. The predicted molar refractivity (Wildman–Crippen MR) is 83.4 cm³/mol. The molecule has 0 saturated heterocycles. The maximum Gasteiger partial charge on any atom is 0.255 e. The van der Waals surface area contributed by atoms with E-state index in [1.807, 2.05) is 29.2 Å². The number of H-pyrrole nitrogens is 1. The van der Waals surface area contributed by atoms with Gasteiger partial charge in [-0.1, -0.05) is 36.4 Å². The third-order valence-electron chi connectivity index (χ3n) is 3.48. The highest BCUT2D eigenvalue weighted by atomic mass is 79.9. The minimum atomic E-state index is 0.0773. The Morgan fingerprint density at radius 2 is 2.05 bits per heavy atom. The topological polar surface area (TPSA) is 36.1 Å². The van der Waals surface area contributed by atoms with Gasteiger partial charge in [-0.3, -0.25) is 4.79 Å². The van der Waals surface area contributed by atoms with Gasteiger partial charge in [-0.05, 0) is 39.6 Å². The Hall–Kier alpha value is -1.81. The van der Waals surface area contributed by atoms with Crippen molar-refractivity contribution in [2.75, 3.05) is 13.1 Å². The number of nitrogens with one attached hydrogen (secondary N) is 1. The van der Waals surface area contributed by atoms with Crippen LogP contribution in [0.4, 0.5) is 0 Å². The van der Waals surface area contributed by atoms with Crippen molar-refractivity contribution in [3.63, 3.8) is 0 Å². The van der Waals surface area contributed by atoms with Gasteiger partial charge in [-0.25, -0.2) is 0 Å². The molecule has 1 amide bonds. The van der Waals surface area contributed by atoms with E-state index in [0.717, 1.165) is 17.6 Å². The van der Waals surface area contributed by atoms with Crippen molar-refractivity contribution in [3.8, 4) is 0 Å². The van der Waals surface area contributed by atoms with Crippen molar-refractivity contribution in [1.29, 1.82) is 0 Å². The van der Waals surface area contributed by atoms with Crippen LogP contribution in [0.2, 0.25) is 0 Å². The second-order valence-corrected chi connectivity index (χ2v) is 5.70. The number of benzene rings is 1. The van der Waals surface area contributed by atoms with Crippen LogP contribution in [0.5, 0.6) is 0 Å². The monoisotopic (exact) mass is 330 g/mol. The SMILES string of the molecule is O=C(c1c[nH]c(Br)c1)N1CCC=C(c2ccccc2)C1. The summed E-state index contributed by atoms with van der Waals surface area (Å²) in [4.78, 5) is 17.3. The lowest BCUT2D eigenvalue weighted by Gasteiger charge is -2.27. The van der Waals surface area contributed by atoms with Crippen LogP contribution in [0.1, 0.15) is 22.3 Å². The minimum absolute atomic E-state index is 0.0773. The summed E-state index contributed by atoms with van der Waals surface area (Å²) in [6.45, 7) is 1.45. The molecule has 1 aliphatic heterocycles. The summed E-state index contributed by atoms with van der Waals surface area (Å²) in [5.41, 5.74) is 3.12. The number of aromatic nitrogens is 1. The Labute approximate surface area is 126 Å². The Morgan fingerprint density at radius 1 is 1.25 bits per heavy atom. The number of halogens is 1. The van der Waals surface area contributed by atoms with Gasteiger partial charge in [-0.2, -0.15) is 0 Å². The summed E-state index contributed by atoms with van der Waals surface area (Å²) >= 11 is 3.34. The molecule has 20 heavy (non-hydrogen) atoms. The highest BCUT2D eigenvalue weighted by Crippen LogP contribution is 2.22. The maximum atomic E-state index is 12.4. The van der Waals surface area contributed by atoms with Gasteiger partial charge in [0, 0.05) is 19.3 Å². The molecule has 0 bridgehead atoms. The molecular formula is C16H15BrN2O. The Bertz CT molecular complexity index is 646. The average molecular weight is 331 g/mol. The molecule has 0 unspecified atom stereocenters. The number of carbonyl (C=O) groups excluding carboxylic acids is 1. The van der Waals surface area contributed by atoms with Crippen molar-refractivity contribution in [2.24, 2.45) is 0 Å². The summed E-state index contributed by atoms with van der Waals surface area (Å²) in [6, 6.07) is 12.1. The van der Waals surface area contributed by atoms with Gasteiger partial charge in [0.2, 0.25) is 0 Å². The lowest BCUT2D eigenvalue weighted by Crippen LogP contribution is -2.35. The van der Waals surface area contributed by atoms with Gasteiger partial charge in [0.15, 0.2) is 0 Å². The third kappa shape index (κ3) is 2.70. The summed E-state index contributed by atoms with van der Waals surface area (Å²) in [5, 5.41) is 0. The zero-order valence-corrected chi connectivity index (χ0v) is 12.6. The summed E-state index contributed by atoms with van der Waals surface area (Å²) in [6.07, 6.45) is 4.88. The Morgan fingerprint density at radius 3 is 2.75 bits per heavy atom. The fraction of sp³-hybridized carbons (Fsp3) is 0.188. The van der Waals surface area contributed by atoms with Gasteiger partial charge >= 0.3 is 0 Å². The van der Waals surface area contributed by atoms with Crippen LogP contribution in [0.15, 0.2) is 53.3 Å². The molecule has 0 spiro atoms.